The molecule has 144 valence electrons. The molecule has 0 aromatic heterocycles. The van der Waals surface area contributed by atoms with Gasteiger partial charge in [0.05, 0.1) is 4.47 Å². The van der Waals surface area contributed by atoms with Crippen LogP contribution in [0.5, 0.6) is 5.75 Å². The minimum Gasteiger partial charge on any atom is -0.404 e. The van der Waals surface area contributed by atoms with E-state index in [4.69, 9.17) is 0 Å². The van der Waals surface area contributed by atoms with Crippen molar-refractivity contribution in [3.63, 3.8) is 0 Å². The minimum absolute atomic E-state index is 0.320. The number of ether oxygens (including phenoxy) is 1. The van der Waals surface area contributed by atoms with Crippen molar-refractivity contribution in [2.24, 2.45) is 0 Å². The fraction of sp³-hybridized carbons (Fsp3) is 0.455. The van der Waals surface area contributed by atoms with Crippen LogP contribution in [0.15, 0.2) is 22.7 Å². The molecule has 0 radical (unpaired) electrons. The molecule has 0 aliphatic rings. The SMILES string of the molecule is FC(F)(F)Oc1c(Br)cccc1C(F)(C(F)(F)F)C(F)(F)C(F)(F)F. The average molecular weight is 459 g/mol. The summed E-state index contributed by atoms with van der Waals surface area (Å²) in [5.74, 6) is -9.35. The fourth-order valence-electron chi connectivity index (χ4n) is 1.69. The van der Waals surface area contributed by atoms with Crippen molar-refractivity contribution in [2.45, 2.75) is 30.3 Å². The van der Waals surface area contributed by atoms with Crippen LogP contribution in [0.3, 0.4) is 0 Å². The lowest BCUT2D eigenvalue weighted by Crippen LogP contribution is -2.60. The Balaban J connectivity index is 3.86. The first-order valence-electron chi connectivity index (χ1n) is 5.61. The standard InChI is InChI=1S/C11H3BrF12O/c12-5-3-1-2-4(6(5)25-11(22,23)24)7(13,9(16,17)18)8(14,15)10(19,20)21/h1-3H. The maximum Gasteiger partial charge on any atom is 0.573 e. The molecule has 0 spiro atoms. The summed E-state index contributed by atoms with van der Waals surface area (Å²) in [4.78, 5) is 0. The van der Waals surface area contributed by atoms with E-state index in [0.717, 1.165) is 0 Å². The molecule has 1 aromatic carbocycles. The van der Waals surface area contributed by atoms with Gasteiger partial charge in [-0.25, -0.2) is 4.39 Å². The van der Waals surface area contributed by atoms with E-state index in [1.807, 2.05) is 0 Å². The summed E-state index contributed by atoms with van der Waals surface area (Å²) in [5, 5.41) is 0. The monoisotopic (exact) mass is 458 g/mol. The second kappa shape index (κ2) is 6.13. The van der Waals surface area contributed by atoms with E-state index in [2.05, 4.69) is 20.7 Å². The first-order chi connectivity index (χ1) is 10.9. The number of halogens is 13. The van der Waals surface area contributed by atoms with Crippen LogP contribution in [0.4, 0.5) is 52.7 Å². The number of rotatable bonds is 3. The largest absolute Gasteiger partial charge is 0.573 e. The van der Waals surface area contributed by atoms with Crippen LogP contribution < -0.4 is 4.74 Å². The highest BCUT2D eigenvalue weighted by molar-refractivity contribution is 9.10. The number of benzene rings is 1. The highest BCUT2D eigenvalue weighted by Gasteiger charge is 2.82. The van der Waals surface area contributed by atoms with Gasteiger partial charge in [-0.15, -0.1) is 13.2 Å². The summed E-state index contributed by atoms with van der Waals surface area (Å²) in [5.41, 5.74) is -9.25. The Morgan fingerprint density at radius 3 is 1.56 bits per heavy atom. The third-order valence-corrected chi connectivity index (χ3v) is 3.36. The number of hydrogen-bond donors (Lipinski definition) is 0. The summed E-state index contributed by atoms with van der Waals surface area (Å²) in [7, 11) is 0. The maximum atomic E-state index is 14.3. The van der Waals surface area contributed by atoms with E-state index >= 15 is 0 Å². The summed E-state index contributed by atoms with van der Waals surface area (Å²) < 4.78 is 155. The van der Waals surface area contributed by atoms with Gasteiger partial charge in [0.25, 0.3) is 0 Å². The van der Waals surface area contributed by atoms with Crippen molar-refractivity contribution in [2.75, 3.05) is 0 Å². The zero-order chi connectivity index (χ0) is 20.1. The number of para-hydroxylation sites is 1. The van der Waals surface area contributed by atoms with Gasteiger partial charge < -0.3 is 4.74 Å². The molecule has 0 aliphatic heterocycles. The summed E-state index contributed by atoms with van der Waals surface area (Å²) >= 11 is 2.19. The Morgan fingerprint density at radius 1 is 0.720 bits per heavy atom. The van der Waals surface area contributed by atoms with E-state index < -0.39 is 46.1 Å². The van der Waals surface area contributed by atoms with Crippen molar-refractivity contribution in [1.82, 2.24) is 0 Å². The van der Waals surface area contributed by atoms with Gasteiger partial charge in [-0.3, -0.25) is 0 Å². The molecule has 0 heterocycles. The van der Waals surface area contributed by atoms with Crippen LogP contribution >= 0.6 is 15.9 Å². The van der Waals surface area contributed by atoms with Crippen LogP contribution in [0.2, 0.25) is 0 Å². The molecule has 0 fully saturated rings. The molecule has 1 rings (SSSR count). The Bertz CT molecular complexity index is 631. The van der Waals surface area contributed by atoms with Crippen LogP contribution in [-0.4, -0.2) is 24.6 Å². The van der Waals surface area contributed by atoms with Crippen LogP contribution in [0.1, 0.15) is 5.56 Å². The van der Waals surface area contributed by atoms with Gasteiger partial charge in [0.15, 0.2) is 5.75 Å². The maximum absolute atomic E-state index is 14.3. The molecule has 0 saturated heterocycles. The zero-order valence-corrected chi connectivity index (χ0v) is 12.6. The van der Waals surface area contributed by atoms with Gasteiger partial charge in [-0.1, -0.05) is 12.1 Å². The third kappa shape index (κ3) is 3.77. The molecule has 14 heteroatoms. The molecule has 0 aliphatic carbocycles. The molecular formula is C11H3BrF12O. The van der Waals surface area contributed by atoms with Crippen LogP contribution in [-0.2, 0) is 5.67 Å². The molecule has 25 heavy (non-hydrogen) atoms. The van der Waals surface area contributed by atoms with Gasteiger partial charge in [-0.05, 0) is 22.0 Å². The Labute approximate surface area is 138 Å². The van der Waals surface area contributed by atoms with Gasteiger partial charge in [0, 0.05) is 5.56 Å². The van der Waals surface area contributed by atoms with Gasteiger partial charge in [-0.2, -0.15) is 35.1 Å². The molecule has 1 atom stereocenters. The second-order valence-electron chi connectivity index (χ2n) is 4.39. The lowest BCUT2D eigenvalue weighted by atomic mass is 9.87. The first-order valence-corrected chi connectivity index (χ1v) is 6.40. The molecule has 0 N–H and O–H groups in total. The highest BCUT2D eigenvalue weighted by Crippen LogP contribution is 2.60. The molecular weight excluding hydrogens is 456 g/mol. The Morgan fingerprint density at radius 2 is 1.20 bits per heavy atom. The van der Waals surface area contributed by atoms with Gasteiger partial charge in [0.2, 0.25) is 0 Å². The summed E-state index contributed by atoms with van der Waals surface area (Å²) in [6, 6.07) is 0.529. The van der Waals surface area contributed by atoms with Crippen LogP contribution in [0, 0.1) is 0 Å². The van der Waals surface area contributed by atoms with Crippen molar-refractivity contribution in [3.05, 3.63) is 28.2 Å². The third-order valence-electron chi connectivity index (χ3n) is 2.74. The normalized spacial score (nSPS) is 16.5. The van der Waals surface area contributed by atoms with E-state index in [-0.39, 0.29) is 6.07 Å². The van der Waals surface area contributed by atoms with Crippen LogP contribution in [0.25, 0.3) is 0 Å². The molecule has 1 unspecified atom stereocenters. The molecule has 1 nitrogen and oxygen atoms in total. The smallest absolute Gasteiger partial charge is 0.404 e. The van der Waals surface area contributed by atoms with Gasteiger partial charge >= 0.3 is 30.3 Å². The van der Waals surface area contributed by atoms with E-state index in [9.17, 15) is 52.7 Å². The summed E-state index contributed by atoms with van der Waals surface area (Å²) in [6.07, 6.45) is -19.8. The highest BCUT2D eigenvalue weighted by atomic mass is 79.9. The average Bonchev–Trinajstić information content (AvgIpc) is 2.36. The van der Waals surface area contributed by atoms with Crippen molar-refractivity contribution in [1.29, 1.82) is 0 Å². The fourth-order valence-corrected chi connectivity index (χ4v) is 2.14. The minimum atomic E-state index is -7.12. The Hall–Kier alpha value is -1.34. The topological polar surface area (TPSA) is 9.23 Å². The quantitative estimate of drug-likeness (QED) is 0.485. The predicted octanol–water partition coefficient (Wildman–Crippen LogP) is 6.27. The van der Waals surface area contributed by atoms with Crippen molar-refractivity contribution < 1.29 is 57.4 Å². The number of hydrogen-bond acceptors (Lipinski definition) is 1. The Kier molecular flexibility index (Phi) is 5.32. The summed E-state index contributed by atoms with van der Waals surface area (Å²) in [6.45, 7) is 0. The second-order valence-corrected chi connectivity index (χ2v) is 5.25. The van der Waals surface area contributed by atoms with Crippen molar-refractivity contribution in [3.8, 4) is 5.75 Å². The molecule has 1 aromatic rings. The lowest BCUT2D eigenvalue weighted by molar-refractivity contribution is -0.390. The lowest BCUT2D eigenvalue weighted by Gasteiger charge is -2.37. The van der Waals surface area contributed by atoms with Gasteiger partial charge in [0.1, 0.15) is 0 Å². The first kappa shape index (κ1) is 21.7. The molecule has 0 amide bonds. The molecule has 0 bridgehead atoms. The van der Waals surface area contributed by atoms with E-state index in [1.54, 1.807) is 0 Å². The molecule has 0 saturated carbocycles. The zero-order valence-electron chi connectivity index (χ0n) is 11.1. The van der Waals surface area contributed by atoms with E-state index in [1.165, 1.54) is 0 Å². The number of alkyl halides is 12. The van der Waals surface area contributed by atoms with Crippen molar-refractivity contribution >= 4 is 15.9 Å². The predicted molar refractivity (Wildman–Crippen MR) is 60.7 cm³/mol. The van der Waals surface area contributed by atoms with E-state index in [0.29, 0.717) is 12.1 Å².